The number of hydrogen-bond donors (Lipinski definition) is 1. The standard InChI is InChI=1S/C22H29FN2O2S/c1-3-25(4-2)20(17-8-13-28-16-17)15-24-21(26)22(9-11-27-12-10-22)18-6-5-7-19(23)14-18/h5-8,13-14,16,20H,3-4,9-12,15H2,1-2H3,(H,24,26). The molecule has 1 aromatic carbocycles. The lowest BCUT2D eigenvalue weighted by Gasteiger charge is -2.37. The number of hydrogen-bond acceptors (Lipinski definition) is 4. The van der Waals surface area contributed by atoms with E-state index in [1.165, 1.54) is 17.7 Å². The van der Waals surface area contributed by atoms with E-state index >= 15 is 0 Å². The van der Waals surface area contributed by atoms with E-state index in [9.17, 15) is 9.18 Å². The molecule has 1 saturated heterocycles. The number of halogens is 1. The van der Waals surface area contributed by atoms with Crippen LogP contribution in [0.3, 0.4) is 0 Å². The molecular weight excluding hydrogens is 375 g/mol. The van der Waals surface area contributed by atoms with Gasteiger partial charge in [0.25, 0.3) is 0 Å². The molecule has 1 fully saturated rings. The van der Waals surface area contributed by atoms with Gasteiger partial charge >= 0.3 is 0 Å². The van der Waals surface area contributed by atoms with Gasteiger partial charge in [-0.3, -0.25) is 9.69 Å². The molecule has 0 aliphatic carbocycles. The van der Waals surface area contributed by atoms with E-state index < -0.39 is 5.41 Å². The Labute approximate surface area is 170 Å². The first-order valence-corrected chi connectivity index (χ1v) is 10.9. The monoisotopic (exact) mass is 404 g/mol. The topological polar surface area (TPSA) is 41.6 Å². The van der Waals surface area contributed by atoms with Gasteiger partial charge in [0.2, 0.25) is 5.91 Å². The highest BCUT2D eigenvalue weighted by molar-refractivity contribution is 7.07. The number of nitrogens with one attached hydrogen (secondary N) is 1. The van der Waals surface area contributed by atoms with Crippen molar-refractivity contribution in [1.82, 2.24) is 10.2 Å². The predicted molar refractivity (Wildman–Crippen MR) is 111 cm³/mol. The van der Waals surface area contributed by atoms with Crippen molar-refractivity contribution in [3.63, 3.8) is 0 Å². The maximum Gasteiger partial charge on any atom is 0.230 e. The average molecular weight is 405 g/mol. The van der Waals surface area contributed by atoms with E-state index in [-0.39, 0.29) is 17.8 Å². The Hall–Kier alpha value is -1.76. The van der Waals surface area contributed by atoms with Gasteiger partial charge in [0, 0.05) is 19.8 Å². The molecule has 0 spiro atoms. The van der Waals surface area contributed by atoms with Crippen molar-refractivity contribution in [2.45, 2.75) is 38.1 Å². The first-order valence-electron chi connectivity index (χ1n) is 9.99. The van der Waals surface area contributed by atoms with Crippen molar-refractivity contribution in [3.8, 4) is 0 Å². The summed E-state index contributed by atoms with van der Waals surface area (Å²) in [6.07, 6.45) is 1.13. The predicted octanol–water partition coefficient (Wildman–Crippen LogP) is 4.13. The highest BCUT2D eigenvalue weighted by atomic mass is 32.1. The van der Waals surface area contributed by atoms with Gasteiger partial charge in [0.1, 0.15) is 5.82 Å². The van der Waals surface area contributed by atoms with Gasteiger partial charge in [0.15, 0.2) is 0 Å². The number of rotatable bonds is 8. The maximum absolute atomic E-state index is 13.9. The molecule has 0 bridgehead atoms. The summed E-state index contributed by atoms with van der Waals surface area (Å²) in [4.78, 5) is 15.7. The molecular formula is C22H29FN2O2S. The Bertz CT molecular complexity index is 756. The van der Waals surface area contributed by atoms with Gasteiger partial charge < -0.3 is 10.1 Å². The van der Waals surface area contributed by atoms with Crippen molar-refractivity contribution in [1.29, 1.82) is 0 Å². The maximum atomic E-state index is 13.9. The van der Waals surface area contributed by atoms with Crippen LogP contribution in [0, 0.1) is 5.82 Å². The zero-order valence-corrected chi connectivity index (χ0v) is 17.4. The number of likely N-dealkylation sites (N-methyl/N-ethyl adjacent to an activating group) is 1. The third-order valence-corrected chi connectivity index (χ3v) is 6.50. The zero-order chi connectivity index (χ0) is 20.0. The highest BCUT2D eigenvalue weighted by Crippen LogP contribution is 2.36. The minimum absolute atomic E-state index is 0.0335. The Morgan fingerprint density at radius 1 is 1.29 bits per heavy atom. The third-order valence-electron chi connectivity index (χ3n) is 5.80. The fraction of sp³-hybridized carbons (Fsp3) is 0.500. The first-order chi connectivity index (χ1) is 13.6. The molecule has 1 aliphatic rings. The summed E-state index contributed by atoms with van der Waals surface area (Å²) in [6.45, 7) is 7.65. The van der Waals surface area contributed by atoms with Crippen LogP contribution in [-0.2, 0) is 14.9 Å². The average Bonchev–Trinajstić information content (AvgIpc) is 3.26. The first kappa shape index (κ1) is 21.0. The molecule has 152 valence electrons. The second-order valence-electron chi connectivity index (χ2n) is 7.21. The summed E-state index contributed by atoms with van der Waals surface area (Å²) in [5.41, 5.74) is 1.23. The normalized spacial score (nSPS) is 17.4. The minimum Gasteiger partial charge on any atom is -0.381 e. The molecule has 1 unspecified atom stereocenters. The number of benzene rings is 1. The highest BCUT2D eigenvalue weighted by Gasteiger charge is 2.42. The molecule has 1 atom stereocenters. The molecule has 28 heavy (non-hydrogen) atoms. The zero-order valence-electron chi connectivity index (χ0n) is 16.6. The fourth-order valence-corrected chi connectivity index (χ4v) is 4.81. The van der Waals surface area contributed by atoms with Crippen LogP contribution in [0.2, 0.25) is 0 Å². The molecule has 1 aliphatic heterocycles. The van der Waals surface area contributed by atoms with E-state index in [4.69, 9.17) is 4.74 Å². The van der Waals surface area contributed by atoms with Crippen molar-refractivity contribution in [2.75, 3.05) is 32.8 Å². The Balaban J connectivity index is 1.81. The molecule has 1 amide bonds. The fourth-order valence-electron chi connectivity index (χ4n) is 4.10. The van der Waals surface area contributed by atoms with E-state index in [2.05, 4.69) is 40.9 Å². The van der Waals surface area contributed by atoms with Crippen molar-refractivity contribution in [2.24, 2.45) is 0 Å². The number of nitrogens with zero attached hydrogens (tertiary/aromatic N) is 1. The van der Waals surface area contributed by atoms with Crippen LogP contribution >= 0.6 is 11.3 Å². The van der Waals surface area contributed by atoms with Crippen LogP contribution in [-0.4, -0.2) is 43.7 Å². The van der Waals surface area contributed by atoms with E-state index in [0.717, 1.165) is 18.7 Å². The van der Waals surface area contributed by atoms with Crippen LogP contribution in [0.4, 0.5) is 4.39 Å². The van der Waals surface area contributed by atoms with Gasteiger partial charge in [-0.05, 0) is 66.0 Å². The van der Waals surface area contributed by atoms with E-state index in [0.29, 0.717) is 32.6 Å². The number of ether oxygens (including phenoxy) is 1. The number of carbonyl (C=O) groups is 1. The molecule has 2 heterocycles. The van der Waals surface area contributed by atoms with Gasteiger partial charge in [0.05, 0.1) is 11.5 Å². The third kappa shape index (κ3) is 4.45. The summed E-state index contributed by atoms with van der Waals surface area (Å²) in [5, 5.41) is 7.41. The number of amides is 1. The van der Waals surface area contributed by atoms with Crippen LogP contribution in [0.15, 0.2) is 41.1 Å². The molecule has 0 radical (unpaired) electrons. The Morgan fingerprint density at radius 3 is 2.64 bits per heavy atom. The van der Waals surface area contributed by atoms with Gasteiger partial charge in [-0.15, -0.1) is 0 Å². The summed E-state index contributed by atoms with van der Waals surface area (Å²) in [7, 11) is 0. The number of carbonyl (C=O) groups excluding carboxylic acids is 1. The van der Waals surface area contributed by atoms with Crippen LogP contribution < -0.4 is 5.32 Å². The van der Waals surface area contributed by atoms with E-state index in [1.807, 2.05) is 6.07 Å². The molecule has 2 aromatic rings. The molecule has 3 rings (SSSR count). The van der Waals surface area contributed by atoms with Crippen molar-refractivity contribution in [3.05, 3.63) is 58.0 Å². The van der Waals surface area contributed by atoms with Crippen molar-refractivity contribution >= 4 is 17.2 Å². The summed E-state index contributed by atoms with van der Waals surface area (Å²) < 4.78 is 19.4. The lowest BCUT2D eigenvalue weighted by molar-refractivity contribution is -0.130. The molecule has 4 nitrogen and oxygen atoms in total. The van der Waals surface area contributed by atoms with Gasteiger partial charge in [-0.25, -0.2) is 4.39 Å². The van der Waals surface area contributed by atoms with Gasteiger partial charge in [-0.1, -0.05) is 26.0 Å². The van der Waals surface area contributed by atoms with Crippen LogP contribution in [0.5, 0.6) is 0 Å². The minimum atomic E-state index is -0.733. The number of thiophene rings is 1. The second kappa shape index (κ2) is 9.63. The molecule has 0 saturated carbocycles. The smallest absolute Gasteiger partial charge is 0.230 e. The van der Waals surface area contributed by atoms with Crippen LogP contribution in [0.1, 0.15) is 43.9 Å². The van der Waals surface area contributed by atoms with Gasteiger partial charge in [-0.2, -0.15) is 11.3 Å². The molecule has 1 N–H and O–H groups in total. The second-order valence-corrected chi connectivity index (χ2v) is 7.99. The van der Waals surface area contributed by atoms with Crippen LogP contribution in [0.25, 0.3) is 0 Å². The summed E-state index contributed by atoms with van der Waals surface area (Å²) in [5.74, 6) is -0.343. The Morgan fingerprint density at radius 2 is 2.04 bits per heavy atom. The van der Waals surface area contributed by atoms with E-state index in [1.54, 1.807) is 17.4 Å². The lowest BCUT2D eigenvalue weighted by atomic mass is 9.73. The SMILES string of the molecule is CCN(CC)C(CNC(=O)C1(c2cccc(F)c2)CCOCC1)c1ccsc1. The molecule has 1 aromatic heterocycles. The largest absolute Gasteiger partial charge is 0.381 e. The lowest BCUT2D eigenvalue weighted by Crippen LogP contribution is -2.50. The van der Waals surface area contributed by atoms with Crippen molar-refractivity contribution < 1.29 is 13.9 Å². The molecule has 6 heteroatoms. The quantitative estimate of drug-likeness (QED) is 0.719. The summed E-state index contributed by atoms with van der Waals surface area (Å²) in [6, 6.07) is 8.70. The Kier molecular flexibility index (Phi) is 7.21. The summed E-state index contributed by atoms with van der Waals surface area (Å²) >= 11 is 1.67.